The number of nitrogens with one attached hydrogen (secondary N) is 1. The minimum atomic E-state index is -0.558. The maximum absolute atomic E-state index is 13.0. The molecule has 8 nitrogen and oxygen atoms in total. The maximum Gasteiger partial charge on any atom is 0.338 e. The minimum absolute atomic E-state index is 0.262. The number of carbonyl (C=O) groups is 1. The summed E-state index contributed by atoms with van der Waals surface area (Å²) in [7, 11) is 1.59. The average molecular weight is 515 g/mol. The molecule has 2 heterocycles. The van der Waals surface area contributed by atoms with Crippen molar-refractivity contribution >= 4 is 35.3 Å². The molecule has 4 rings (SSSR count). The summed E-state index contributed by atoms with van der Waals surface area (Å²) >= 11 is 7.78. The minimum Gasteiger partial charge on any atom is -0.493 e. The van der Waals surface area contributed by atoms with Crippen molar-refractivity contribution in [2.75, 3.05) is 25.6 Å². The number of thioether (sulfide) groups is 1. The molecule has 1 aliphatic rings. The van der Waals surface area contributed by atoms with E-state index in [0.717, 1.165) is 11.1 Å². The highest BCUT2D eigenvalue weighted by atomic mass is 35.5. The van der Waals surface area contributed by atoms with E-state index in [0.29, 0.717) is 51.3 Å². The summed E-state index contributed by atoms with van der Waals surface area (Å²) in [5, 5.41) is 9.22. The van der Waals surface area contributed by atoms with Crippen LogP contribution >= 0.6 is 23.4 Å². The predicted molar refractivity (Wildman–Crippen MR) is 136 cm³/mol. The third kappa shape index (κ3) is 5.26. The van der Waals surface area contributed by atoms with Gasteiger partial charge in [0.25, 0.3) is 0 Å². The Hall–Kier alpha value is -3.17. The van der Waals surface area contributed by atoms with E-state index in [4.69, 9.17) is 30.9 Å². The fourth-order valence-corrected chi connectivity index (χ4v) is 4.98. The monoisotopic (exact) mass is 514 g/mol. The van der Waals surface area contributed by atoms with Gasteiger partial charge in [0.05, 0.1) is 25.9 Å². The molecule has 1 atom stereocenters. The Labute approximate surface area is 213 Å². The first-order chi connectivity index (χ1) is 17.0. The number of fused-ring (bicyclic) bond motifs is 1. The van der Waals surface area contributed by atoms with Crippen molar-refractivity contribution in [3.63, 3.8) is 0 Å². The van der Waals surface area contributed by atoms with Gasteiger partial charge in [-0.15, -0.1) is 5.10 Å². The second-order valence-electron chi connectivity index (χ2n) is 7.67. The number of hydrogen-bond acceptors (Lipinski definition) is 8. The number of methoxy groups -OCH3 is 1. The van der Waals surface area contributed by atoms with Gasteiger partial charge in [-0.2, -0.15) is 4.98 Å². The molecule has 3 aromatic rings. The molecule has 0 amide bonds. The van der Waals surface area contributed by atoms with Crippen molar-refractivity contribution < 1.29 is 19.0 Å². The highest BCUT2D eigenvalue weighted by Gasteiger charge is 2.35. The van der Waals surface area contributed by atoms with Crippen LogP contribution in [-0.2, 0) is 15.3 Å². The average Bonchev–Trinajstić information content (AvgIpc) is 3.25. The molecular weight excluding hydrogens is 488 g/mol. The second kappa shape index (κ2) is 11.0. The van der Waals surface area contributed by atoms with E-state index in [1.165, 1.54) is 11.8 Å². The first-order valence-electron chi connectivity index (χ1n) is 11.2. The SMILES string of the molecule is CCOC(=O)C1=C(C)Nc2nc(SCc3ccccc3Cl)nn2C1c1ccc(OC)c(OCC)c1. The lowest BCUT2D eigenvalue weighted by Crippen LogP contribution is -2.29. The second-order valence-corrected chi connectivity index (χ2v) is 9.02. The number of benzene rings is 2. The molecular formula is C25H27ClN4O4S. The van der Waals surface area contributed by atoms with Crippen LogP contribution in [0.15, 0.2) is 58.9 Å². The number of nitrogens with zero attached hydrogens (tertiary/aromatic N) is 3. The summed E-state index contributed by atoms with van der Waals surface area (Å²) in [4.78, 5) is 17.7. The fourth-order valence-electron chi connectivity index (χ4n) is 3.86. The standard InChI is InChI=1S/C25H27ClN4O4S/c1-5-33-20-13-16(11-12-19(20)32-4)22-21(23(31)34-6-2)15(3)27-24-28-25(29-30(22)24)35-14-17-9-7-8-10-18(17)26/h7-13,22H,5-6,14H2,1-4H3,(H,27,28,29). The van der Waals surface area contributed by atoms with Crippen LogP contribution in [0, 0.1) is 0 Å². The number of aromatic nitrogens is 3. The lowest BCUT2D eigenvalue weighted by molar-refractivity contribution is -0.139. The van der Waals surface area contributed by atoms with E-state index in [2.05, 4.69) is 10.3 Å². The Morgan fingerprint density at radius 1 is 1.17 bits per heavy atom. The normalized spacial score (nSPS) is 14.8. The lowest BCUT2D eigenvalue weighted by Gasteiger charge is -2.28. The van der Waals surface area contributed by atoms with Crippen LogP contribution in [0.1, 0.15) is 37.9 Å². The number of allylic oxidation sites excluding steroid dienone is 1. The highest BCUT2D eigenvalue weighted by Crippen LogP contribution is 2.40. The molecule has 1 aromatic heterocycles. The summed E-state index contributed by atoms with van der Waals surface area (Å²) in [6.07, 6.45) is 0. The molecule has 0 fully saturated rings. The molecule has 0 spiro atoms. The maximum atomic E-state index is 13.0. The van der Waals surface area contributed by atoms with Crippen LogP contribution in [0.2, 0.25) is 5.02 Å². The van der Waals surface area contributed by atoms with Gasteiger partial charge in [0, 0.05) is 16.5 Å². The van der Waals surface area contributed by atoms with Crippen molar-refractivity contribution in [3.8, 4) is 11.5 Å². The summed E-state index contributed by atoms with van der Waals surface area (Å²) in [6, 6.07) is 12.7. The van der Waals surface area contributed by atoms with Crippen LogP contribution in [0.3, 0.4) is 0 Å². The van der Waals surface area contributed by atoms with Gasteiger partial charge < -0.3 is 19.5 Å². The Bertz CT molecular complexity index is 1260. The number of carbonyl (C=O) groups excluding carboxylic acids is 1. The van der Waals surface area contributed by atoms with E-state index < -0.39 is 12.0 Å². The highest BCUT2D eigenvalue weighted by molar-refractivity contribution is 7.98. The number of halogens is 1. The molecule has 1 N–H and O–H groups in total. The number of esters is 1. The van der Waals surface area contributed by atoms with Gasteiger partial charge in [0.1, 0.15) is 6.04 Å². The molecule has 184 valence electrons. The molecule has 0 aliphatic carbocycles. The van der Waals surface area contributed by atoms with Crippen LogP contribution < -0.4 is 14.8 Å². The number of ether oxygens (including phenoxy) is 3. The van der Waals surface area contributed by atoms with Gasteiger partial charge in [-0.25, -0.2) is 9.48 Å². The zero-order chi connectivity index (χ0) is 24.9. The largest absolute Gasteiger partial charge is 0.493 e. The van der Waals surface area contributed by atoms with E-state index >= 15 is 0 Å². The molecule has 10 heteroatoms. The van der Waals surface area contributed by atoms with Gasteiger partial charge in [0.15, 0.2) is 11.5 Å². The van der Waals surface area contributed by atoms with Gasteiger partial charge in [-0.1, -0.05) is 47.6 Å². The molecule has 0 saturated heterocycles. The van der Waals surface area contributed by atoms with E-state index in [1.807, 2.05) is 56.3 Å². The van der Waals surface area contributed by atoms with Crippen LogP contribution in [0.4, 0.5) is 5.95 Å². The Balaban J connectivity index is 1.74. The number of anilines is 1. The van der Waals surface area contributed by atoms with E-state index in [1.54, 1.807) is 18.7 Å². The molecule has 0 saturated carbocycles. The fraction of sp³-hybridized carbons (Fsp3) is 0.320. The number of hydrogen-bond donors (Lipinski definition) is 1. The van der Waals surface area contributed by atoms with E-state index in [-0.39, 0.29) is 6.61 Å². The summed E-state index contributed by atoms with van der Waals surface area (Å²) in [6.45, 7) is 6.26. The molecule has 2 aromatic carbocycles. The van der Waals surface area contributed by atoms with Crippen LogP contribution in [-0.4, -0.2) is 41.1 Å². The zero-order valence-electron chi connectivity index (χ0n) is 20.0. The third-order valence-corrected chi connectivity index (χ3v) is 6.70. The topological polar surface area (TPSA) is 87.5 Å². The van der Waals surface area contributed by atoms with Crippen molar-refractivity contribution in [1.29, 1.82) is 0 Å². The Morgan fingerprint density at radius 3 is 2.69 bits per heavy atom. The molecule has 0 radical (unpaired) electrons. The molecule has 0 bridgehead atoms. The smallest absolute Gasteiger partial charge is 0.338 e. The summed E-state index contributed by atoms with van der Waals surface area (Å²) < 4.78 is 18.3. The predicted octanol–water partition coefficient (Wildman–Crippen LogP) is 5.48. The van der Waals surface area contributed by atoms with Crippen LogP contribution in [0.25, 0.3) is 0 Å². The summed E-state index contributed by atoms with van der Waals surface area (Å²) in [5.74, 6) is 1.93. The van der Waals surface area contributed by atoms with Crippen molar-refractivity contribution in [2.45, 2.75) is 37.7 Å². The van der Waals surface area contributed by atoms with Gasteiger partial charge >= 0.3 is 5.97 Å². The first kappa shape index (κ1) is 24.9. The Kier molecular flexibility index (Phi) is 7.87. The van der Waals surface area contributed by atoms with E-state index in [9.17, 15) is 4.79 Å². The van der Waals surface area contributed by atoms with Gasteiger partial charge in [-0.3, -0.25) is 0 Å². The van der Waals surface area contributed by atoms with Crippen LogP contribution in [0.5, 0.6) is 11.5 Å². The number of rotatable bonds is 9. The van der Waals surface area contributed by atoms with Gasteiger partial charge in [0.2, 0.25) is 11.1 Å². The van der Waals surface area contributed by atoms with Gasteiger partial charge in [-0.05, 0) is 50.1 Å². The molecule has 35 heavy (non-hydrogen) atoms. The Morgan fingerprint density at radius 2 is 1.97 bits per heavy atom. The third-order valence-electron chi connectivity index (χ3n) is 5.45. The first-order valence-corrected chi connectivity index (χ1v) is 12.6. The van der Waals surface area contributed by atoms with Crippen molar-refractivity contribution in [1.82, 2.24) is 14.8 Å². The van der Waals surface area contributed by atoms with Crippen molar-refractivity contribution in [3.05, 3.63) is 69.9 Å². The molecule has 1 aliphatic heterocycles. The van der Waals surface area contributed by atoms with Crippen molar-refractivity contribution in [2.24, 2.45) is 0 Å². The quantitative estimate of drug-likeness (QED) is 0.296. The lowest BCUT2D eigenvalue weighted by atomic mass is 9.95. The molecule has 1 unspecified atom stereocenters. The zero-order valence-corrected chi connectivity index (χ0v) is 21.6. The summed E-state index contributed by atoms with van der Waals surface area (Å²) in [5.41, 5.74) is 2.91.